The lowest BCUT2D eigenvalue weighted by molar-refractivity contribution is 0.155. The minimum Gasteiger partial charge on any atom is -0.393 e. The number of benzene rings is 1. The highest BCUT2D eigenvalue weighted by atomic mass is 16.3. The highest BCUT2D eigenvalue weighted by molar-refractivity contribution is 5.41. The zero-order valence-electron chi connectivity index (χ0n) is 20.2. The molecule has 2 aliphatic rings. The first-order valence-corrected chi connectivity index (χ1v) is 12.7. The van der Waals surface area contributed by atoms with Gasteiger partial charge in [0.25, 0.3) is 0 Å². The van der Waals surface area contributed by atoms with E-state index in [9.17, 15) is 5.11 Å². The largest absolute Gasteiger partial charge is 0.393 e. The SMILES string of the molecule is C=C(CCC/C(C)=C\CC1=C(CC[C@@H](O)CCc2ccccc2)CCC1=C)NCC1CC1. The second kappa shape index (κ2) is 12.8. The predicted octanol–water partition coefficient (Wildman–Crippen LogP) is 7.43. The van der Waals surface area contributed by atoms with Gasteiger partial charge in [-0.05, 0) is 101 Å². The average molecular weight is 434 g/mol. The Kier molecular flexibility index (Phi) is 9.87. The van der Waals surface area contributed by atoms with Crippen LogP contribution >= 0.6 is 0 Å². The van der Waals surface area contributed by atoms with Crippen LogP contribution in [0.25, 0.3) is 0 Å². The van der Waals surface area contributed by atoms with Crippen LogP contribution in [0.4, 0.5) is 0 Å². The van der Waals surface area contributed by atoms with Crippen LogP contribution in [0.1, 0.15) is 83.1 Å². The first-order valence-electron chi connectivity index (χ1n) is 12.7. The molecular weight excluding hydrogens is 390 g/mol. The van der Waals surface area contributed by atoms with Crippen LogP contribution in [0.3, 0.4) is 0 Å². The van der Waals surface area contributed by atoms with Gasteiger partial charge in [-0.2, -0.15) is 0 Å². The van der Waals surface area contributed by atoms with Crippen molar-refractivity contribution in [3.05, 3.63) is 83.1 Å². The molecule has 1 saturated carbocycles. The molecule has 1 fully saturated rings. The molecule has 2 N–H and O–H groups in total. The van der Waals surface area contributed by atoms with E-state index >= 15 is 0 Å². The minimum absolute atomic E-state index is 0.225. The van der Waals surface area contributed by atoms with Crippen LogP contribution in [0.15, 0.2) is 77.6 Å². The Bertz CT molecular complexity index is 812. The van der Waals surface area contributed by atoms with Gasteiger partial charge in [0, 0.05) is 12.2 Å². The number of allylic oxidation sites excluding steroid dienone is 6. The van der Waals surface area contributed by atoms with Gasteiger partial charge in [0.05, 0.1) is 6.10 Å². The molecule has 0 unspecified atom stereocenters. The van der Waals surface area contributed by atoms with E-state index in [1.165, 1.54) is 52.8 Å². The summed E-state index contributed by atoms with van der Waals surface area (Å²) >= 11 is 0. The summed E-state index contributed by atoms with van der Waals surface area (Å²) in [6, 6.07) is 10.5. The number of aryl methyl sites for hydroxylation is 1. The summed E-state index contributed by atoms with van der Waals surface area (Å²) in [5.41, 5.74) is 8.26. The summed E-state index contributed by atoms with van der Waals surface area (Å²) in [6.45, 7) is 11.9. The van der Waals surface area contributed by atoms with Crippen LogP contribution in [0.2, 0.25) is 0 Å². The fourth-order valence-corrected chi connectivity index (χ4v) is 4.54. The fourth-order valence-electron chi connectivity index (χ4n) is 4.54. The molecule has 2 heteroatoms. The van der Waals surface area contributed by atoms with Gasteiger partial charge >= 0.3 is 0 Å². The Hall–Kier alpha value is -2.06. The van der Waals surface area contributed by atoms with Crippen LogP contribution in [-0.4, -0.2) is 17.8 Å². The second-order valence-corrected chi connectivity index (χ2v) is 9.94. The van der Waals surface area contributed by atoms with E-state index in [0.29, 0.717) is 0 Å². The van der Waals surface area contributed by atoms with Crippen molar-refractivity contribution in [2.24, 2.45) is 5.92 Å². The molecule has 1 aromatic rings. The van der Waals surface area contributed by atoms with Crippen molar-refractivity contribution in [2.75, 3.05) is 6.54 Å². The molecule has 3 rings (SSSR count). The number of aliphatic hydroxyl groups is 1. The Labute approximate surface area is 196 Å². The van der Waals surface area contributed by atoms with Crippen LogP contribution in [0, 0.1) is 5.92 Å². The van der Waals surface area contributed by atoms with Crippen LogP contribution < -0.4 is 5.32 Å². The molecule has 1 atom stereocenters. The summed E-state index contributed by atoms with van der Waals surface area (Å²) in [4.78, 5) is 0. The first-order chi connectivity index (χ1) is 15.5. The lowest BCUT2D eigenvalue weighted by Gasteiger charge is -2.13. The van der Waals surface area contributed by atoms with Crippen LogP contribution in [-0.2, 0) is 6.42 Å². The van der Waals surface area contributed by atoms with E-state index in [1.54, 1.807) is 0 Å². The maximum atomic E-state index is 10.5. The molecular formula is C30H43NO. The molecule has 0 saturated heterocycles. The smallest absolute Gasteiger partial charge is 0.0546 e. The van der Waals surface area contributed by atoms with Gasteiger partial charge in [0.1, 0.15) is 0 Å². The van der Waals surface area contributed by atoms with Gasteiger partial charge in [-0.15, -0.1) is 0 Å². The third-order valence-corrected chi connectivity index (χ3v) is 7.01. The van der Waals surface area contributed by atoms with E-state index in [-0.39, 0.29) is 6.10 Å². The summed E-state index contributed by atoms with van der Waals surface area (Å²) in [5.74, 6) is 0.903. The predicted molar refractivity (Wildman–Crippen MR) is 137 cm³/mol. The van der Waals surface area contributed by atoms with Crippen molar-refractivity contribution in [3.63, 3.8) is 0 Å². The third-order valence-electron chi connectivity index (χ3n) is 7.01. The number of aliphatic hydroxyl groups excluding tert-OH is 1. The van der Waals surface area contributed by atoms with E-state index in [0.717, 1.165) is 70.3 Å². The minimum atomic E-state index is -0.225. The molecule has 0 aliphatic heterocycles. The molecule has 2 nitrogen and oxygen atoms in total. The third kappa shape index (κ3) is 8.82. The molecule has 32 heavy (non-hydrogen) atoms. The quantitative estimate of drug-likeness (QED) is 0.282. The van der Waals surface area contributed by atoms with Gasteiger partial charge in [-0.25, -0.2) is 0 Å². The standard InChI is InChI=1S/C30H43NO/c1-23(8-7-9-25(3)31-22-27-14-15-27)12-21-30-24(2)13-17-28(30)18-20-29(32)19-16-26-10-5-4-6-11-26/h4-6,10-12,27,29,31-32H,2-3,7-9,13-22H2,1H3/b23-12-/t29-/m0/s1. The van der Waals surface area contributed by atoms with Crippen molar-refractivity contribution in [3.8, 4) is 0 Å². The van der Waals surface area contributed by atoms with Gasteiger partial charge in [-0.1, -0.05) is 66.3 Å². The second-order valence-electron chi connectivity index (χ2n) is 9.94. The Balaban J connectivity index is 1.38. The Morgan fingerprint density at radius 2 is 1.88 bits per heavy atom. The van der Waals surface area contributed by atoms with Crippen molar-refractivity contribution in [1.82, 2.24) is 5.32 Å². The normalized spacial score (nSPS) is 17.7. The zero-order chi connectivity index (χ0) is 22.8. The molecule has 0 amide bonds. The van der Waals surface area contributed by atoms with Crippen molar-refractivity contribution < 1.29 is 5.11 Å². The van der Waals surface area contributed by atoms with E-state index in [4.69, 9.17) is 0 Å². The van der Waals surface area contributed by atoms with E-state index < -0.39 is 0 Å². The zero-order valence-corrected chi connectivity index (χ0v) is 20.2. The molecule has 0 bridgehead atoms. The molecule has 0 radical (unpaired) electrons. The molecule has 0 heterocycles. The van der Waals surface area contributed by atoms with Crippen molar-refractivity contribution in [2.45, 2.75) is 90.1 Å². The maximum absolute atomic E-state index is 10.5. The highest BCUT2D eigenvalue weighted by Crippen LogP contribution is 2.36. The summed E-state index contributed by atoms with van der Waals surface area (Å²) in [7, 11) is 0. The van der Waals surface area contributed by atoms with Gasteiger partial charge in [0.15, 0.2) is 0 Å². The fraction of sp³-hybridized carbons (Fsp3) is 0.533. The van der Waals surface area contributed by atoms with E-state index in [2.05, 4.69) is 55.7 Å². The summed E-state index contributed by atoms with van der Waals surface area (Å²) in [5, 5.41) is 14.0. The van der Waals surface area contributed by atoms with Crippen molar-refractivity contribution >= 4 is 0 Å². The molecule has 0 aromatic heterocycles. The molecule has 174 valence electrons. The van der Waals surface area contributed by atoms with Crippen molar-refractivity contribution in [1.29, 1.82) is 0 Å². The average Bonchev–Trinajstić information content (AvgIpc) is 3.56. The summed E-state index contributed by atoms with van der Waals surface area (Å²) in [6.07, 6.45) is 15.2. The van der Waals surface area contributed by atoms with Gasteiger partial charge < -0.3 is 10.4 Å². The van der Waals surface area contributed by atoms with Crippen LogP contribution in [0.5, 0.6) is 0 Å². The summed E-state index contributed by atoms with van der Waals surface area (Å²) < 4.78 is 0. The lowest BCUT2D eigenvalue weighted by atomic mass is 9.97. The Morgan fingerprint density at radius 1 is 1.12 bits per heavy atom. The van der Waals surface area contributed by atoms with E-state index in [1.807, 2.05) is 6.07 Å². The van der Waals surface area contributed by atoms with Gasteiger partial charge in [-0.3, -0.25) is 0 Å². The maximum Gasteiger partial charge on any atom is 0.0546 e. The lowest BCUT2D eigenvalue weighted by Crippen LogP contribution is -2.15. The Morgan fingerprint density at radius 3 is 2.62 bits per heavy atom. The molecule has 0 spiro atoms. The van der Waals surface area contributed by atoms with Gasteiger partial charge in [0.2, 0.25) is 0 Å². The number of nitrogens with one attached hydrogen (secondary N) is 1. The molecule has 2 aliphatic carbocycles. The molecule has 1 aromatic carbocycles. The highest BCUT2D eigenvalue weighted by Gasteiger charge is 2.20. The topological polar surface area (TPSA) is 32.3 Å². The number of hydrogen-bond acceptors (Lipinski definition) is 2. The number of rotatable bonds is 15. The monoisotopic (exact) mass is 433 g/mol. The number of hydrogen-bond donors (Lipinski definition) is 2. The first kappa shape index (κ1) is 24.6.